The lowest BCUT2D eigenvalue weighted by atomic mass is 10.1. The van der Waals surface area contributed by atoms with Crippen LogP contribution in [0.1, 0.15) is 53.4 Å². The molecule has 1 heterocycles. The van der Waals surface area contributed by atoms with Crippen LogP contribution in [0.25, 0.3) is 0 Å². The Bertz CT molecular complexity index is 388. The number of carbonyl (C=O) groups excluding carboxylic acids is 1. The van der Waals surface area contributed by atoms with Crippen LogP contribution >= 0.6 is 0 Å². The quantitative estimate of drug-likeness (QED) is 0.475. The van der Waals surface area contributed by atoms with Gasteiger partial charge in [-0.15, -0.1) is 0 Å². The Morgan fingerprint density at radius 3 is 1.86 bits per heavy atom. The summed E-state index contributed by atoms with van der Waals surface area (Å²) in [6.45, 7) is 9.31. The first kappa shape index (κ1) is 19.4. The highest BCUT2D eigenvalue weighted by atomic mass is 16.5. The Morgan fingerprint density at radius 1 is 1.00 bits per heavy atom. The highest BCUT2D eigenvalue weighted by molar-refractivity contribution is 5.94. The molecule has 0 aromatic heterocycles. The van der Waals surface area contributed by atoms with E-state index in [0.29, 0.717) is 22.7 Å². The number of hydrogen-bond acceptors (Lipinski definition) is 5. The Labute approximate surface area is 129 Å². The van der Waals surface area contributed by atoms with Gasteiger partial charge in [0.05, 0.1) is 7.11 Å². The van der Waals surface area contributed by atoms with Gasteiger partial charge in [-0.3, -0.25) is 0 Å². The van der Waals surface area contributed by atoms with Crippen LogP contribution in [-0.2, 0) is 9.53 Å². The number of carbonyl (C=O) groups is 1. The van der Waals surface area contributed by atoms with Crippen molar-refractivity contribution in [1.82, 2.24) is 4.90 Å². The fourth-order valence-electron chi connectivity index (χ4n) is 2.22. The molecule has 0 spiro atoms. The number of allylic oxidation sites excluding steroid dienone is 1. The van der Waals surface area contributed by atoms with Gasteiger partial charge < -0.3 is 21.1 Å². The van der Waals surface area contributed by atoms with E-state index in [0.717, 1.165) is 25.9 Å². The number of esters is 1. The zero-order chi connectivity index (χ0) is 16.4. The number of nitrogens with two attached hydrogens (primary N) is 2. The minimum absolute atomic E-state index is 0.393. The molecule has 1 aliphatic rings. The van der Waals surface area contributed by atoms with Crippen molar-refractivity contribution in [3.63, 3.8) is 0 Å². The maximum atomic E-state index is 12.0. The molecule has 1 saturated heterocycles. The summed E-state index contributed by atoms with van der Waals surface area (Å²) in [5.74, 6) is 0.0556. The van der Waals surface area contributed by atoms with Crippen LogP contribution in [0.15, 0.2) is 22.7 Å². The lowest BCUT2D eigenvalue weighted by Crippen LogP contribution is -2.32. The second kappa shape index (κ2) is 10.1. The van der Waals surface area contributed by atoms with Crippen LogP contribution in [0.4, 0.5) is 0 Å². The van der Waals surface area contributed by atoms with Crippen molar-refractivity contribution >= 4 is 5.97 Å². The van der Waals surface area contributed by atoms with Gasteiger partial charge in [-0.1, -0.05) is 26.7 Å². The molecule has 0 unspecified atom stereocenters. The van der Waals surface area contributed by atoms with Gasteiger partial charge in [-0.05, 0) is 32.3 Å². The summed E-state index contributed by atoms with van der Waals surface area (Å²) < 4.78 is 4.83. The molecule has 0 radical (unpaired) electrons. The third-order valence-corrected chi connectivity index (χ3v) is 3.56. The fourth-order valence-corrected chi connectivity index (χ4v) is 2.22. The molecular weight excluding hydrogens is 266 g/mol. The molecule has 122 valence electrons. The summed E-state index contributed by atoms with van der Waals surface area (Å²) in [7, 11) is 1.36. The van der Waals surface area contributed by atoms with Crippen LogP contribution in [0, 0.1) is 0 Å². The molecule has 0 amide bonds. The van der Waals surface area contributed by atoms with E-state index in [1.54, 1.807) is 13.8 Å². The predicted molar refractivity (Wildman–Crippen MR) is 87.2 cm³/mol. The zero-order valence-corrected chi connectivity index (χ0v) is 14.2. The van der Waals surface area contributed by atoms with Crippen LogP contribution in [0.3, 0.4) is 0 Å². The van der Waals surface area contributed by atoms with Gasteiger partial charge in [0.25, 0.3) is 0 Å². The van der Waals surface area contributed by atoms with E-state index in [9.17, 15) is 4.79 Å². The van der Waals surface area contributed by atoms with Crippen LogP contribution < -0.4 is 11.5 Å². The minimum atomic E-state index is -0.427. The summed E-state index contributed by atoms with van der Waals surface area (Å²) >= 11 is 0. The molecule has 0 aliphatic carbocycles. The third kappa shape index (κ3) is 5.69. The summed E-state index contributed by atoms with van der Waals surface area (Å²) in [6.07, 6.45) is 4.61. The lowest BCUT2D eigenvalue weighted by Gasteiger charge is -2.25. The van der Waals surface area contributed by atoms with Crippen molar-refractivity contribution in [3.8, 4) is 0 Å². The molecule has 0 bridgehead atoms. The van der Waals surface area contributed by atoms with Gasteiger partial charge in [0.15, 0.2) is 0 Å². The van der Waals surface area contributed by atoms with Crippen LogP contribution in [-0.4, -0.2) is 31.1 Å². The zero-order valence-electron chi connectivity index (χ0n) is 14.2. The number of hydrogen-bond donors (Lipinski definition) is 2. The van der Waals surface area contributed by atoms with E-state index in [1.165, 1.54) is 20.0 Å². The van der Waals surface area contributed by atoms with Crippen LogP contribution in [0.2, 0.25) is 0 Å². The number of ether oxygens (including phenoxy) is 1. The van der Waals surface area contributed by atoms with Gasteiger partial charge >= 0.3 is 5.97 Å². The second-order valence-corrected chi connectivity index (χ2v) is 4.96. The van der Waals surface area contributed by atoms with Gasteiger partial charge in [-0.25, -0.2) is 4.79 Å². The van der Waals surface area contributed by atoms with Crippen molar-refractivity contribution in [2.24, 2.45) is 11.5 Å². The van der Waals surface area contributed by atoms with Crippen molar-refractivity contribution in [2.45, 2.75) is 53.4 Å². The van der Waals surface area contributed by atoms with Crippen molar-refractivity contribution in [3.05, 3.63) is 22.7 Å². The van der Waals surface area contributed by atoms with Gasteiger partial charge in [0.1, 0.15) is 11.4 Å². The Hall–Kier alpha value is -1.65. The maximum absolute atomic E-state index is 12.0. The first-order valence-electron chi connectivity index (χ1n) is 7.75. The molecule has 0 saturated carbocycles. The molecule has 1 aliphatic heterocycles. The van der Waals surface area contributed by atoms with E-state index in [2.05, 4.69) is 4.90 Å². The number of rotatable bonds is 3. The minimum Gasteiger partial charge on any atom is -0.465 e. The SMILES string of the molecule is CC.COC(=O)C(/C(C)=C(/C)N)=C(/N)N1CCCCCC1. The van der Waals surface area contributed by atoms with Crippen molar-refractivity contribution < 1.29 is 9.53 Å². The molecular formula is C16H31N3O2. The highest BCUT2D eigenvalue weighted by Gasteiger charge is 2.22. The van der Waals surface area contributed by atoms with Gasteiger partial charge in [0.2, 0.25) is 0 Å². The number of likely N-dealkylation sites (tertiary alicyclic amines) is 1. The summed E-state index contributed by atoms with van der Waals surface area (Å²) in [5, 5.41) is 0. The molecule has 5 heteroatoms. The molecule has 5 nitrogen and oxygen atoms in total. The Balaban J connectivity index is 0.00000191. The number of methoxy groups -OCH3 is 1. The van der Waals surface area contributed by atoms with Crippen molar-refractivity contribution in [1.29, 1.82) is 0 Å². The summed E-state index contributed by atoms with van der Waals surface area (Å²) in [6, 6.07) is 0. The monoisotopic (exact) mass is 297 g/mol. The summed E-state index contributed by atoms with van der Waals surface area (Å²) in [4.78, 5) is 14.0. The van der Waals surface area contributed by atoms with E-state index in [4.69, 9.17) is 16.2 Å². The Morgan fingerprint density at radius 2 is 1.48 bits per heavy atom. The standard InChI is InChI=1S/C14H25N3O2.C2H6/c1-10(11(2)15)12(14(18)19-3)13(16)17-8-6-4-5-7-9-17;1-2/h4-9,15-16H2,1-3H3;1-2H3/b11-10-,13-12-;. The predicted octanol–water partition coefficient (Wildman–Crippen LogP) is 2.48. The summed E-state index contributed by atoms with van der Waals surface area (Å²) in [5.41, 5.74) is 13.6. The molecule has 21 heavy (non-hydrogen) atoms. The lowest BCUT2D eigenvalue weighted by molar-refractivity contribution is -0.136. The van der Waals surface area contributed by atoms with E-state index < -0.39 is 5.97 Å². The molecule has 1 fully saturated rings. The number of nitrogens with zero attached hydrogens (tertiary/aromatic N) is 1. The maximum Gasteiger partial charge on any atom is 0.341 e. The Kier molecular flexibility index (Phi) is 9.34. The normalized spacial score (nSPS) is 17.7. The third-order valence-electron chi connectivity index (χ3n) is 3.56. The average Bonchev–Trinajstić information content (AvgIpc) is 2.78. The first-order valence-corrected chi connectivity index (χ1v) is 7.75. The van der Waals surface area contributed by atoms with E-state index >= 15 is 0 Å². The molecule has 4 N–H and O–H groups in total. The van der Waals surface area contributed by atoms with E-state index in [-0.39, 0.29) is 0 Å². The average molecular weight is 297 g/mol. The fraction of sp³-hybridized carbons (Fsp3) is 0.688. The largest absolute Gasteiger partial charge is 0.465 e. The molecule has 0 aromatic carbocycles. The van der Waals surface area contributed by atoms with Crippen LogP contribution in [0.5, 0.6) is 0 Å². The molecule has 1 rings (SSSR count). The smallest absolute Gasteiger partial charge is 0.341 e. The first-order chi connectivity index (χ1) is 9.99. The second-order valence-electron chi connectivity index (χ2n) is 4.96. The topological polar surface area (TPSA) is 81.6 Å². The van der Waals surface area contributed by atoms with E-state index in [1.807, 2.05) is 13.8 Å². The molecule has 0 atom stereocenters. The molecule has 0 aromatic rings. The van der Waals surface area contributed by atoms with Gasteiger partial charge in [0, 0.05) is 18.8 Å². The van der Waals surface area contributed by atoms with Crippen molar-refractivity contribution in [2.75, 3.05) is 20.2 Å². The van der Waals surface area contributed by atoms with Gasteiger partial charge in [-0.2, -0.15) is 0 Å². The highest BCUT2D eigenvalue weighted by Crippen LogP contribution is 2.20.